The molecule has 0 heterocycles. The van der Waals surface area contributed by atoms with Gasteiger partial charge in [0.15, 0.2) is 0 Å². The molecule has 0 spiro atoms. The molecule has 1 nitrogen and oxygen atoms in total. The molecule has 1 aromatic carbocycles. The molecule has 82 valence electrons. The lowest BCUT2D eigenvalue weighted by atomic mass is 10.1. The van der Waals surface area contributed by atoms with Crippen molar-refractivity contribution in [2.24, 2.45) is 0 Å². The van der Waals surface area contributed by atoms with Crippen molar-refractivity contribution in [3.8, 4) is 0 Å². The Morgan fingerprint density at radius 1 is 1.33 bits per heavy atom. The molecule has 0 saturated carbocycles. The summed E-state index contributed by atoms with van der Waals surface area (Å²) < 4.78 is -1.92. The summed E-state index contributed by atoms with van der Waals surface area (Å²) in [5, 5.41) is 0.610. The van der Waals surface area contributed by atoms with Gasteiger partial charge in [-0.05, 0) is 30.2 Å². The average molecular weight is 286 g/mol. The highest BCUT2D eigenvalue weighted by Crippen LogP contribution is 2.31. The molecule has 0 aliphatic heterocycles. The molecule has 1 rings (SSSR count). The minimum atomic E-state index is -1.92. The zero-order chi connectivity index (χ0) is 11.6. The van der Waals surface area contributed by atoms with Gasteiger partial charge in [0.05, 0.1) is 0 Å². The van der Waals surface area contributed by atoms with Crippen LogP contribution in [-0.4, -0.2) is 9.58 Å². The van der Waals surface area contributed by atoms with Crippen molar-refractivity contribution < 1.29 is 4.79 Å². The highest BCUT2D eigenvalue weighted by molar-refractivity contribution is 6.77. The summed E-state index contributed by atoms with van der Waals surface area (Å²) in [5.41, 5.74) is 1.22. The molecule has 0 bridgehead atoms. The molecule has 0 aliphatic carbocycles. The van der Waals surface area contributed by atoms with E-state index in [1.54, 1.807) is 18.2 Å². The van der Waals surface area contributed by atoms with Crippen LogP contribution in [0.5, 0.6) is 0 Å². The molecular weight excluding hydrogens is 278 g/mol. The minimum absolute atomic E-state index is 0.358. The van der Waals surface area contributed by atoms with Gasteiger partial charge in [-0.2, -0.15) is 0 Å². The molecule has 1 aromatic rings. The van der Waals surface area contributed by atoms with E-state index in [2.05, 4.69) is 0 Å². The SMILES string of the molecule is CCc1cc(C(=O)C(Cl)(Cl)Cl)ccc1Cl. The number of ketones is 1. The Hall–Kier alpha value is 0.0500. The summed E-state index contributed by atoms with van der Waals surface area (Å²) in [5.74, 6) is -0.543. The van der Waals surface area contributed by atoms with Gasteiger partial charge in [-0.3, -0.25) is 4.79 Å². The van der Waals surface area contributed by atoms with Crippen LogP contribution in [0.3, 0.4) is 0 Å². The molecular formula is C10H8Cl4O. The molecule has 0 atom stereocenters. The van der Waals surface area contributed by atoms with Crippen LogP contribution < -0.4 is 0 Å². The topological polar surface area (TPSA) is 17.1 Å². The largest absolute Gasteiger partial charge is 0.289 e. The van der Waals surface area contributed by atoms with E-state index in [1.165, 1.54) is 0 Å². The summed E-state index contributed by atoms with van der Waals surface area (Å²) in [6, 6.07) is 4.82. The lowest BCUT2D eigenvalue weighted by molar-refractivity contribution is 0.0996. The standard InChI is InChI=1S/C10H8Cl4O/c1-2-6-5-7(3-4-8(6)11)9(15)10(12,13)14/h3-5H,2H2,1H3. The van der Waals surface area contributed by atoms with E-state index in [0.717, 1.165) is 12.0 Å². The fraction of sp³-hybridized carbons (Fsp3) is 0.300. The highest BCUT2D eigenvalue weighted by Gasteiger charge is 2.31. The first kappa shape index (κ1) is 13.1. The normalized spacial score (nSPS) is 11.5. The quantitative estimate of drug-likeness (QED) is 0.579. The molecule has 0 unspecified atom stereocenters. The van der Waals surface area contributed by atoms with Gasteiger partial charge in [-0.25, -0.2) is 0 Å². The maximum atomic E-state index is 11.6. The fourth-order valence-electron chi connectivity index (χ4n) is 1.15. The van der Waals surface area contributed by atoms with Crippen LogP contribution in [0, 0.1) is 0 Å². The van der Waals surface area contributed by atoms with Crippen LogP contribution in [0.25, 0.3) is 0 Å². The van der Waals surface area contributed by atoms with Crippen LogP contribution in [0.2, 0.25) is 5.02 Å². The first-order valence-electron chi connectivity index (χ1n) is 4.26. The van der Waals surface area contributed by atoms with Gasteiger partial charge in [-0.1, -0.05) is 53.3 Å². The van der Waals surface area contributed by atoms with Gasteiger partial charge >= 0.3 is 0 Å². The Morgan fingerprint density at radius 3 is 2.40 bits per heavy atom. The number of rotatable bonds is 2. The molecule has 0 fully saturated rings. The fourth-order valence-corrected chi connectivity index (χ4v) is 1.73. The summed E-state index contributed by atoms with van der Waals surface area (Å²) in [7, 11) is 0. The van der Waals surface area contributed by atoms with Gasteiger partial charge in [-0.15, -0.1) is 0 Å². The van der Waals surface area contributed by atoms with E-state index in [4.69, 9.17) is 46.4 Å². The van der Waals surface area contributed by atoms with Gasteiger partial charge in [0.2, 0.25) is 5.78 Å². The molecule has 0 aromatic heterocycles. The maximum absolute atomic E-state index is 11.6. The van der Waals surface area contributed by atoms with E-state index in [-0.39, 0.29) is 0 Å². The predicted octanol–water partition coefficient (Wildman–Crippen LogP) is 4.46. The van der Waals surface area contributed by atoms with Crippen molar-refractivity contribution in [3.05, 3.63) is 34.3 Å². The molecule has 0 aliphatic rings. The summed E-state index contributed by atoms with van der Waals surface area (Å²) in [4.78, 5) is 11.6. The number of alkyl halides is 3. The van der Waals surface area contributed by atoms with E-state index in [9.17, 15) is 4.79 Å². The zero-order valence-corrected chi connectivity index (χ0v) is 10.9. The first-order valence-corrected chi connectivity index (χ1v) is 5.77. The van der Waals surface area contributed by atoms with Crippen LogP contribution in [-0.2, 0) is 6.42 Å². The average Bonchev–Trinajstić information content (AvgIpc) is 2.16. The lowest BCUT2D eigenvalue weighted by Crippen LogP contribution is -2.18. The Bertz CT molecular complexity index is 381. The lowest BCUT2D eigenvalue weighted by Gasteiger charge is -2.10. The Kier molecular flexibility index (Phi) is 4.30. The maximum Gasteiger partial charge on any atom is 0.253 e. The van der Waals surface area contributed by atoms with Crippen LogP contribution in [0.1, 0.15) is 22.8 Å². The van der Waals surface area contributed by atoms with Crippen molar-refractivity contribution in [1.29, 1.82) is 0 Å². The first-order chi connectivity index (χ1) is 6.86. The zero-order valence-electron chi connectivity index (χ0n) is 7.86. The second kappa shape index (κ2) is 4.92. The van der Waals surface area contributed by atoms with Crippen molar-refractivity contribution in [3.63, 3.8) is 0 Å². The van der Waals surface area contributed by atoms with Gasteiger partial charge in [0.1, 0.15) is 0 Å². The van der Waals surface area contributed by atoms with Crippen LogP contribution in [0.15, 0.2) is 18.2 Å². The molecule has 5 heteroatoms. The highest BCUT2D eigenvalue weighted by atomic mass is 35.6. The third-order valence-corrected chi connectivity index (χ3v) is 2.83. The molecule has 0 radical (unpaired) electrons. The number of hydrogen-bond donors (Lipinski definition) is 0. The van der Waals surface area contributed by atoms with Gasteiger partial charge < -0.3 is 0 Å². The second-order valence-electron chi connectivity index (χ2n) is 2.99. The van der Waals surface area contributed by atoms with E-state index >= 15 is 0 Å². The Labute approximate surface area is 108 Å². The third-order valence-electron chi connectivity index (χ3n) is 1.95. The molecule has 0 saturated heterocycles. The number of carbonyl (C=O) groups excluding carboxylic acids is 1. The molecule has 0 amide bonds. The second-order valence-corrected chi connectivity index (χ2v) is 5.68. The number of Topliss-reactive ketones (excluding diaryl/α,β-unsaturated/α-hetero) is 1. The van der Waals surface area contributed by atoms with E-state index in [0.29, 0.717) is 10.6 Å². The minimum Gasteiger partial charge on any atom is -0.289 e. The van der Waals surface area contributed by atoms with E-state index in [1.807, 2.05) is 6.92 Å². The number of hydrogen-bond acceptors (Lipinski definition) is 1. The number of halogens is 4. The monoisotopic (exact) mass is 284 g/mol. The Morgan fingerprint density at radius 2 is 1.93 bits per heavy atom. The summed E-state index contributed by atoms with van der Waals surface area (Å²) in [6.45, 7) is 1.94. The Balaban J connectivity index is 3.12. The van der Waals surface area contributed by atoms with Crippen molar-refractivity contribution in [2.75, 3.05) is 0 Å². The van der Waals surface area contributed by atoms with Crippen molar-refractivity contribution in [1.82, 2.24) is 0 Å². The van der Waals surface area contributed by atoms with Crippen molar-refractivity contribution >= 4 is 52.2 Å². The summed E-state index contributed by atoms with van der Waals surface area (Å²) in [6.07, 6.45) is 0.722. The molecule has 0 N–H and O–H groups in total. The van der Waals surface area contributed by atoms with Gasteiger partial charge in [0, 0.05) is 10.6 Å². The van der Waals surface area contributed by atoms with E-state index < -0.39 is 9.58 Å². The van der Waals surface area contributed by atoms with Crippen molar-refractivity contribution in [2.45, 2.75) is 17.1 Å². The van der Waals surface area contributed by atoms with Crippen LogP contribution in [0.4, 0.5) is 0 Å². The number of aryl methyl sites for hydroxylation is 1. The predicted molar refractivity (Wildman–Crippen MR) is 65.5 cm³/mol. The van der Waals surface area contributed by atoms with Gasteiger partial charge in [0.25, 0.3) is 3.79 Å². The molecule has 15 heavy (non-hydrogen) atoms. The third kappa shape index (κ3) is 3.25. The smallest absolute Gasteiger partial charge is 0.253 e. The number of benzene rings is 1. The van der Waals surface area contributed by atoms with Crippen LogP contribution >= 0.6 is 46.4 Å². The summed E-state index contributed by atoms with van der Waals surface area (Å²) >= 11 is 22.4. The number of carbonyl (C=O) groups is 1.